The van der Waals surface area contributed by atoms with Gasteiger partial charge in [-0.1, -0.05) is 35.7 Å². The fraction of sp³-hybridized carbons (Fsp3) is 0.263. The summed E-state index contributed by atoms with van der Waals surface area (Å²) in [6.07, 6.45) is 1.96. The lowest BCUT2D eigenvalue weighted by Crippen LogP contribution is -2.27. The molecule has 0 saturated heterocycles. The van der Waals surface area contributed by atoms with Crippen LogP contribution in [-0.2, 0) is 5.60 Å². The molecule has 2 aromatic rings. The molecule has 2 aromatic carbocycles. The van der Waals surface area contributed by atoms with Gasteiger partial charge in [-0.3, -0.25) is 0 Å². The normalized spacial score (nSPS) is 16.5. The molecule has 0 amide bonds. The van der Waals surface area contributed by atoms with Gasteiger partial charge in [0.1, 0.15) is 0 Å². The maximum Gasteiger partial charge on any atom is 0.155 e. The van der Waals surface area contributed by atoms with Gasteiger partial charge in [0.15, 0.2) is 5.60 Å². The molecule has 1 aliphatic carbocycles. The SMILES string of the molecule is CC#CC(O)(c1cc(-c2cccc(Cl)c2)ccc1N)C1CC1. The Morgan fingerprint density at radius 2 is 1.91 bits per heavy atom. The van der Waals surface area contributed by atoms with Crippen molar-refractivity contribution < 1.29 is 5.11 Å². The van der Waals surface area contributed by atoms with Gasteiger partial charge in [-0.15, -0.1) is 5.92 Å². The van der Waals surface area contributed by atoms with E-state index in [-0.39, 0.29) is 5.92 Å². The highest BCUT2D eigenvalue weighted by atomic mass is 35.5. The van der Waals surface area contributed by atoms with Crippen molar-refractivity contribution in [2.75, 3.05) is 5.73 Å². The molecule has 2 nitrogen and oxygen atoms in total. The van der Waals surface area contributed by atoms with E-state index in [0.29, 0.717) is 16.3 Å². The third-order valence-electron chi connectivity index (χ3n) is 4.11. The second-order valence-corrected chi connectivity index (χ2v) is 6.16. The minimum atomic E-state index is -1.16. The minimum Gasteiger partial charge on any atom is -0.398 e. The number of rotatable bonds is 3. The van der Waals surface area contributed by atoms with Crippen LogP contribution in [0.2, 0.25) is 5.02 Å². The van der Waals surface area contributed by atoms with E-state index in [1.54, 1.807) is 6.92 Å². The first kappa shape index (κ1) is 15.0. The number of hydrogen-bond acceptors (Lipinski definition) is 2. The lowest BCUT2D eigenvalue weighted by atomic mass is 9.86. The largest absolute Gasteiger partial charge is 0.398 e. The Balaban J connectivity index is 2.12. The average Bonchev–Trinajstić information content (AvgIpc) is 3.33. The summed E-state index contributed by atoms with van der Waals surface area (Å²) in [4.78, 5) is 0. The predicted molar refractivity (Wildman–Crippen MR) is 91.4 cm³/mol. The van der Waals surface area contributed by atoms with Crippen molar-refractivity contribution in [3.05, 3.63) is 53.1 Å². The fourth-order valence-electron chi connectivity index (χ4n) is 2.81. The van der Waals surface area contributed by atoms with E-state index in [0.717, 1.165) is 24.0 Å². The van der Waals surface area contributed by atoms with Crippen LogP contribution in [-0.4, -0.2) is 5.11 Å². The van der Waals surface area contributed by atoms with Gasteiger partial charge in [0.25, 0.3) is 0 Å². The Morgan fingerprint density at radius 1 is 1.18 bits per heavy atom. The molecular weight excluding hydrogens is 294 g/mol. The second kappa shape index (κ2) is 5.68. The monoisotopic (exact) mass is 311 g/mol. The molecule has 22 heavy (non-hydrogen) atoms. The van der Waals surface area contributed by atoms with E-state index < -0.39 is 5.60 Å². The third-order valence-corrected chi connectivity index (χ3v) is 4.34. The Bertz CT molecular complexity index is 770. The van der Waals surface area contributed by atoms with E-state index in [1.165, 1.54) is 0 Å². The number of halogens is 1. The van der Waals surface area contributed by atoms with Crippen LogP contribution >= 0.6 is 11.6 Å². The zero-order chi connectivity index (χ0) is 15.7. The molecule has 3 heteroatoms. The van der Waals surface area contributed by atoms with Crippen molar-refractivity contribution in [3.63, 3.8) is 0 Å². The van der Waals surface area contributed by atoms with Gasteiger partial charge in [0.2, 0.25) is 0 Å². The van der Waals surface area contributed by atoms with Gasteiger partial charge in [0, 0.05) is 22.2 Å². The van der Waals surface area contributed by atoms with Crippen molar-refractivity contribution >= 4 is 17.3 Å². The van der Waals surface area contributed by atoms with Crippen molar-refractivity contribution in [1.29, 1.82) is 0 Å². The number of anilines is 1. The summed E-state index contributed by atoms with van der Waals surface area (Å²) in [5.74, 6) is 5.98. The van der Waals surface area contributed by atoms with Gasteiger partial charge in [0.05, 0.1) is 0 Å². The molecule has 1 atom stereocenters. The summed E-state index contributed by atoms with van der Waals surface area (Å²) in [5, 5.41) is 11.7. The van der Waals surface area contributed by atoms with Gasteiger partial charge in [-0.2, -0.15) is 0 Å². The molecule has 0 aliphatic heterocycles. The van der Waals surface area contributed by atoms with Crippen molar-refractivity contribution in [1.82, 2.24) is 0 Å². The van der Waals surface area contributed by atoms with Gasteiger partial charge < -0.3 is 10.8 Å². The molecule has 0 bridgehead atoms. The van der Waals surface area contributed by atoms with E-state index in [4.69, 9.17) is 17.3 Å². The highest BCUT2D eigenvalue weighted by Crippen LogP contribution is 2.47. The first-order valence-corrected chi connectivity index (χ1v) is 7.74. The number of nitrogen functional groups attached to an aromatic ring is 1. The van der Waals surface area contributed by atoms with Gasteiger partial charge in [-0.05, 0) is 55.2 Å². The van der Waals surface area contributed by atoms with E-state index >= 15 is 0 Å². The van der Waals surface area contributed by atoms with Crippen LogP contribution in [0.4, 0.5) is 5.69 Å². The second-order valence-electron chi connectivity index (χ2n) is 5.73. The fourth-order valence-corrected chi connectivity index (χ4v) is 3.01. The van der Waals surface area contributed by atoms with Crippen LogP contribution in [0.1, 0.15) is 25.3 Å². The highest BCUT2D eigenvalue weighted by molar-refractivity contribution is 6.30. The number of nitrogens with two attached hydrogens (primary N) is 1. The first-order chi connectivity index (χ1) is 10.5. The van der Waals surface area contributed by atoms with E-state index in [1.807, 2.05) is 42.5 Å². The average molecular weight is 312 g/mol. The summed E-state index contributed by atoms with van der Waals surface area (Å²) in [5.41, 5.74) is 8.21. The molecule has 3 rings (SSSR count). The smallest absolute Gasteiger partial charge is 0.155 e. The Kier molecular flexibility index (Phi) is 3.87. The maximum absolute atomic E-state index is 11.0. The molecule has 1 saturated carbocycles. The minimum absolute atomic E-state index is 0.164. The van der Waals surface area contributed by atoms with Crippen LogP contribution in [0.3, 0.4) is 0 Å². The van der Waals surface area contributed by atoms with Crippen molar-refractivity contribution in [2.45, 2.75) is 25.4 Å². The first-order valence-electron chi connectivity index (χ1n) is 7.37. The summed E-state index contributed by atoms with van der Waals surface area (Å²) < 4.78 is 0. The summed E-state index contributed by atoms with van der Waals surface area (Å²) in [7, 11) is 0. The highest BCUT2D eigenvalue weighted by Gasteiger charge is 2.45. The molecule has 3 N–H and O–H groups in total. The van der Waals surface area contributed by atoms with E-state index in [2.05, 4.69) is 11.8 Å². The van der Waals surface area contributed by atoms with E-state index in [9.17, 15) is 5.11 Å². The number of hydrogen-bond donors (Lipinski definition) is 2. The summed E-state index contributed by atoms with van der Waals surface area (Å²) in [6.45, 7) is 1.74. The quantitative estimate of drug-likeness (QED) is 0.659. The molecule has 0 radical (unpaired) electrons. The van der Waals surface area contributed by atoms with Crippen LogP contribution in [0.15, 0.2) is 42.5 Å². The molecule has 1 fully saturated rings. The van der Waals surface area contributed by atoms with Gasteiger partial charge in [-0.25, -0.2) is 0 Å². The molecule has 0 aromatic heterocycles. The number of benzene rings is 2. The molecule has 112 valence electrons. The van der Waals surface area contributed by atoms with Crippen molar-refractivity contribution in [3.8, 4) is 23.0 Å². The lowest BCUT2D eigenvalue weighted by Gasteiger charge is -2.25. The molecular formula is C19H18ClNO. The van der Waals surface area contributed by atoms with Crippen LogP contribution in [0.25, 0.3) is 11.1 Å². The maximum atomic E-state index is 11.0. The predicted octanol–water partition coefficient (Wildman–Crippen LogP) is 4.21. The molecule has 0 spiro atoms. The summed E-state index contributed by atoms with van der Waals surface area (Å²) in [6, 6.07) is 13.3. The molecule has 0 heterocycles. The summed E-state index contributed by atoms with van der Waals surface area (Å²) >= 11 is 6.07. The van der Waals surface area contributed by atoms with Crippen molar-refractivity contribution in [2.24, 2.45) is 5.92 Å². The van der Waals surface area contributed by atoms with Crippen LogP contribution in [0.5, 0.6) is 0 Å². The van der Waals surface area contributed by atoms with Crippen LogP contribution < -0.4 is 5.73 Å². The third kappa shape index (κ3) is 2.70. The topological polar surface area (TPSA) is 46.2 Å². The Hall–Kier alpha value is -1.95. The van der Waals surface area contributed by atoms with Crippen LogP contribution in [0, 0.1) is 17.8 Å². The molecule has 1 unspecified atom stereocenters. The zero-order valence-electron chi connectivity index (χ0n) is 12.4. The van der Waals surface area contributed by atoms with Gasteiger partial charge >= 0.3 is 0 Å². The lowest BCUT2D eigenvalue weighted by molar-refractivity contribution is 0.0765. The zero-order valence-corrected chi connectivity index (χ0v) is 13.2. The Labute approximate surface area is 135 Å². The molecule has 1 aliphatic rings. The number of aliphatic hydroxyl groups is 1. The standard InChI is InChI=1S/C19H18ClNO/c1-2-10-19(22,15-7-8-15)17-12-14(6-9-18(17)21)13-4-3-5-16(20)11-13/h3-6,9,11-12,15,22H,7-8,21H2,1H3. The Morgan fingerprint density at radius 3 is 2.55 bits per heavy atom.